The Labute approximate surface area is 182 Å². The summed E-state index contributed by atoms with van der Waals surface area (Å²) < 4.78 is 0. The summed E-state index contributed by atoms with van der Waals surface area (Å²) in [4.78, 5) is 21.1. The Hall–Kier alpha value is -1.68. The Kier molecular flexibility index (Phi) is 9.71. The molecule has 1 heterocycles. The molecule has 1 aromatic carbocycles. The lowest BCUT2D eigenvalue weighted by molar-refractivity contribution is -0.121. The van der Waals surface area contributed by atoms with Crippen molar-refractivity contribution in [3.63, 3.8) is 0 Å². The Balaban J connectivity index is 0.00000364. The maximum atomic E-state index is 11.9. The van der Waals surface area contributed by atoms with Crippen molar-refractivity contribution in [3.8, 4) is 10.6 Å². The number of nitrogens with zero attached hydrogens (tertiary/aromatic N) is 2. The van der Waals surface area contributed by atoms with Gasteiger partial charge in [-0.05, 0) is 27.7 Å². The van der Waals surface area contributed by atoms with Gasteiger partial charge >= 0.3 is 0 Å². The highest BCUT2D eigenvalue weighted by Gasteiger charge is 2.13. The molecule has 0 unspecified atom stereocenters. The standard InChI is InChI=1S/C19H27N5OS.HI/c1-5-20-18(22-12-16(25)24-19(2,3)4)21-11-15-13-26-17(23-15)14-9-7-6-8-10-14;/h6-10,13H,5,11-12H2,1-4H3,(H,24,25)(H2,20,21,22);1H. The number of guanidine groups is 1. The largest absolute Gasteiger partial charge is 0.357 e. The number of hydrogen-bond donors (Lipinski definition) is 3. The molecule has 0 aliphatic rings. The number of benzene rings is 1. The molecule has 1 amide bonds. The van der Waals surface area contributed by atoms with Gasteiger partial charge in [0.25, 0.3) is 0 Å². The Morgan fingerprint density at radius 1 is 1.19 bits per heavy atom. The fraction of sp³-hybridized carbons (Fsp3) is 0.421. The fourth-order valence-corrected chi connectivity index (χ4v) is 3.04. The van der Waals surface area contributed by atoms with Gasteiger partial charge in [0.2, 0.25) is 5.91 Å². The van der Waals surface area contributed by atoms with Gasteiger partial charge in [-0.15, -0.1) is 35.3 Å². The lowest BCUT2D eigenvalue weighted by atomic mass is 10.1. The Morgan fingerprint density at radius 2 is 1.89 bits per heavy atom. The van der Waals surface area contributed by atoms with Gasteiger partial charge in [-0.1, -0.05) is 30.3 Å². The van der Waals surface area contributed by atoms with Crippen LogP contribution in [0.5, 0.6) is 0 Å². The Morgan fingerprint density at radius 3 is 2.52 bits per heavy atom. The molecule has 0 aliphatic heterocycles. The first-order valence-corrected chi connectivity index (χ1v) is 9.58. The zero-order valence-electron chi connectivity index (χ0n) is 16.2. The van der Waals surface area contributed by atoms with E-state index in [-0.39, 0.29) is 42.0 Å². The molecule has 2 aromatic rings. The van der Waals surface area contributed by atoms with Gasteiger partial charge in [0.05, 0.1) is 18.8 Å². The van der Waals surface area contributed by atoms with Crippen molar-refractivity contribution in [1.82, 2.24) is 20.9 Å². The minimum absolute atomic E-state index is 0. The highest BCUT2D eigenvalue weighted by molar-refractivity contribution is 14.0. The highest BCUT2D eigenvalue weighted by Crippen LogP contribution is 2.23. The number of carbonyl (C=O) groups excluding carboxylic acids is 1. The van der Waals surface area contributed by atoms with E-state index in [4.69, 9.17) is 0 Å². The third-order valence-corrected chi connectivity index (χ3v) is 4.19. The van der Waals surface area contributed by atoms with E-state index in [1.807, 2.05) is 63.4 Å². The number of amides is 1. The number of aromatic nitrogens is 1. The summed E-state index contributed by atoms with van der Waals surface area (Å²) >= 11 is 1.61. The van der Waals surface area contributed by atoms with E-state index < -0.39 is 0 Å². The minimum atomic E-state index is -0.247. The molecular formula is C19H28IN5OS. The lowest BCUT2D eigenvalue weighted by Gasteiger charge is -2.21. The second kappa shape index (κ2) is 11.2. The van der Waals surface area contributed by atoms with E-state index in [2.05, 4.69) is 25.9 Å². The topological polar surface area (TPSA) is 78.4 Å². The van der Waals surface area contributed by atoms with E-state index in [1.165, 1.54) is 0 Å². The van der Waals surface area contributed by atoms with Crippen molar-refractivity contribution in [2.24, 2.45) is 4.99 Å². The minimum Gasteiger partial charge on any atom is -0.357 e. The number of aliphatic imine (C=N–C) groups is 1. The van der Waals surface area contributed by atoms with Crippen LogP contribution in [0.4, 0.5) is 0 Å². The lowest BCUT2D eigenvalue weighted by Crippen LogP contribution is -2.48. The first kappa shape index (κ1) is 23.4. The molecular weight excluding hydrogens is 473 g/mol. The van der Waals surface area contributed by atoms with Gasteiger partial charge in [0.15, 0.2) is 5.96 Å². The molecule has 0 aliphatic carbocycles. The number of hydrogen-bond acceptors (Lipinski definition) is 4. The predicted octanol–water partition coefficient (Wildman–Crippen LogP) is 3.40. The van der Waals surface area contributed by atoms with Crippen LogP contribution < -0.4 is 16.0 Å². The van der Waals surface area contributed by atoms with Crippen molar-refractivity contribution >= 4 is 47.2 Å². The molecule has 0 fully saturated rings. The fourth-order valence-electron chi connectivity index (χ4n) is 2.22. The van der Waals surface area contributed by atoms with Gasteiger partial charge < -0.3 is 16.0 Å². The summed E-state index contributed by atoms with van der Waals surface area (Å²) in [6.45, 7) is 9.21. The summed E-state index contributed by atoms with van der Waals surface area (Å²) in [6.07, 6.45) is 0. The van der Waals surface area contributed by atoms with Crippen molar-refractivity contribution in [1.29, 1.82) is 0 Å². The van der Waals surface area contributed by atoms with Gasteiger partial charge in [-0.25, -0.2) is 9.98 Å². The third-order valence-electron chi connectivity index (χ3n) is 3.25. The van der Waals surface area contributed by atoms with Crippen molar-refractivity contribution in [3.05, 3.63) is 41.4 Å². The molecule has 8 heteroatoms. The van der Waals surface area contributed by atoms with Crippen LogP contribution in [0, 0.1) is 0 Å². The van der Waals surface area contributed by atoms with Crippen LogP contribution in [0.15, 0.2) is 40.7 Å². The van der Waals surface area contributed by atoms with Gasteiger partial charge in [0, 0.05) is 23.0 Å². The number of rotatable bonds is 6. The van der Waals surface area contributed by atoms with Crippen LogP contribution in [0.1, 0.15) is 33.4 Å². The molecule has 2 rings (SSSR count). The SMILES string of the molecule is CCNC(=NCc1csc(-c2ccccc2)n1)NCC(=O)NC(C)(C)C.I. The quantitative estimate of drug-likeness (QED) is 0.322. The van der Waals surface area contributed by atoms with E-state index >= 15 is 0 Å². The van der Waals surface area contributed by atoms with Crippen LogP contribution in [0.3, 0.4) is 0 Å². The maximum absolute atomic E-state index is 11.9. The first-order chi connectivity index (χ1) is 12.4. The van der Waals surface area contributed by atoms with Crippen molar-refractivity contribution < 1.29 is 4.79 Å². The summed E-state index contributed by atoms with van der Waals surface area (Å²) in [5, 5.41) is 12.1. The molecule has 6 nitrogen and oxygen atoms in total. The van der Waals surface area contributed by atoms with E-state index in [9.17, 15) is 4.79 Å². The molecule has 3 N–H and O–H groups in total. The molecule has 0 bridgehead atoms. The Bertz CT molecular complexity index is 740. The molecule has 0 atom stereocenters. The van der Waals surface area contributed by atoms with E-state index in [0.717, 1.165) is 22.8 Å². The van der Waals surface area contributed by atoms with E-state index in [0.29, 0.717) is 12.5 Å². The average molecular weight is 501 g/mol. The monoisotopic (exact) mass is 501 g/mol. The van der Waals surface area contributed by atoms with E-state index in [1.54, 1.807) is 11.3 Å². The second-order valence-electron chi connectivity index (χ2n) is 6.86. The normalized spacial score (nSPS) is 11.5. The van der Waals surface area contributed by atoms with Gasteiger partial charge in [0.1, 0.15) is 5.01 Å². The van der Waals surface area contributed by atoms with Crippen LogP contribution in [-0.4, -0.2) is 35.5 Å². The van der Waals surface area contributed by atoms with Gasteiger partial charge in [-0.3, -0.25) is 4.79 Å². The molecule has 0 radical (unpaired) electrons. The second-order valence-corrected chi connectivity index (χ2v) is 7.72. The number of carbonyl (C=O) groups is 1. The summed E-state index contributed by atoms with van der Waals surface area (Å²) in [7, 11) is 0. The van der Waals surface area contributed by atoms with Crippen molar-refractivity contribution in [2.45, 2.75) is 39.8 Å². The molecule has 0 spiro atoms. The summed E-state index contributed by atoms with van der Waals surface area (Å²) in [6, 6.07) is 10.1. The zero-order valence-corrected chi connectivity index (χ0v) is 19.4. The average Bonchev–Trinajstić information content (AvgIpc) is 3.05. The van der Waals surface area contributed by atoms with Crippen LogP contribution in [0.25, 0.3) is 10.6 Å². The number of halogens is 1. The summed E-state index contributed by atoms with van der Waals surface area (Å²) in [5.41, 5.74) is 1.77. The predicted molar refractivity (Wildman–Crippen MR) is 124 cm³/mol. The smallest absolute Gasteiger partial charge is 0.239 e. The van der Waals surface area contributed by atoms with Crippen LogP contribution in [-0.2, 0) is 11.3 Å². The first-order valence-electron chi connectivity index (χ1n) is 8.70. The van der Waals surface area contributed by atoms with Crippen molar-refractivity contribution in [2.75, 3.05) is 13.1 Å². The van der Waals surface area contributed by atoms with Gasteiger partial charge in [-0.2, -0.15) is 0 Å². The summed E-state index contributed by atoms with van der Waals surface area (Å²) in [5.74, 6) is 0.536. The highest BCUT2D eigenvalue weighted by atomic mass is 127. The maximum Gasteiger partial charge on any atom is 0.239 e. The molecule has 148 valence electrons. The molecule has 0 saturated carbocycles. The molecule has 27 heavy (non-hydrogen) atoms. The third kappa shape index (κ3) is 8.70. The van der Waals surface area contributed by atoms with Crippen LogP contribution in [0.2, 0.25) is 0 Å². The van der Waals surface area contributed by atoms with Crippen LogP contribution >= 0.6 is 35.3 Å². The number of nitrogens with one attached hydrogen (secondary N) is 3. The molecule has 0 saturated heterocycles. The number of thiazole rings is 1. The molecule has 1 aromatic heterocycles. The zero-order chi connectivity index (χ0) is 19.0.